The highest BCUT2D eigenvalue weighted by atomic mass is 32.1. The number of nitrogens with zero attached hydrogens (tertiary/aromatic N) is 1. The van der Waals surface area contributed by atoms with E-state index in [1.807, 2.05) is 14.0 Å². The fourth-order valence-electron chi connectivity index (χ4n) is 1.81. The van der Waals surface area contributed by atoms with Crippen molar-refractivity contribution in [1.82, 2.24) is 10.2 Å². The highest BCUT2D eigenvalue weighted by Crippen LogP contribution is 2.19. The lowest BCUT2D eigenvalue weighted by Crippen LogP contribution is -2.38. The Morgan fingerprint density at radius 3 is 2.71 bits per heavy atom. The molecule has 0 aromatic carbocycles. The van der Waals surface area contributed by atoms with Gasteiger partial charge in [0.1, 0.15) is 0 Å². The predicted octanol–water partition coefficient (Wildman–Crippen LogP) is 1.93. The van der Waals surface area contributed by atoms with E-state index in [9.17, 15) is 4.79 Å². The number of thiophene rings is 1. The van der Waals surface area contributed by atoms with Crippen molar-refractivity contribution in [3.63, 3.8) is 0 Å². The number of aryl methyl sites for hydroxylation is 1. The number of hydrogen-bond donors (Lipinski definition) is 1. The van der Waals surface area contributed by atoms with Crippen LogP contribution in [0, 0.1) is 6.92 Å². The fraction of sp³-hybridized carbons (Fsp3) is 0.462. The Balaban J connectivity index is 2.03. The first-order valence-corrected chi connectivity index (χ1v) is 6.65. The van der Waals surface area contributed by atoms with Gasteiger partial charge in [-0.15, -0.1) is 11.3 Å². The van der Waals surface area contributed by atoms with Gasteiger partial charge < -0.3 is 10.2 Å². The van der Waals surface area contributed by atoms with E-state index < -0.39 is 0 Å². The van der Waals surface area contributed by atoms with E-state index in [4.69, 9.17) is 0 Å². The Hall–Kier alpha value is -1.13. The van der Waals surface area contributed by atoms with Gasteiger partial charge in [-0.25, -0.2) is 0 Å². The molecule has 0 saturated carbocycles. The Morgan fingerprint density at radius 2 is 2.24 bits per heavy atom. The van der Waals surface area contributed by atoms with Crippen molar-refractivity contribution in [2.45, 2.75) is 20.4 Å². The Labute approximate surface area is 106 Å². The first kappa shape index (κ1) is 12.3. The first-order valence-electron chi connectivity index (χ1n) is 5.77. The summed E-state index contributed by atoms with van der Waals surface area (Å²) in [5.41, 5.74) is 3.41. The zero-order valence-corrected chi connectivity index (χ0v) is 11.4. The molecule has 17 heavy (non-hydrogen) atoms. The van der Waals surface area contributed by atoms with E-state index in [0.717, 1.165) is 18.7 Å². The molecule has 1 saturated heterocycles. The number of carbonyl (C=O) groups excluding carboxylic acids is 1. The molecule has 0 bridgehead atoms. The maximum absolute atomic E-state index is 12.2. The maximum atomic E-state index is 12.2. The average Bonchev–Trinajstić information content (AvgIpc) is 2.60. The quantitative estimate of drug-likeness (QED) is 0.831. The largest absolute Gasteiger partial charge is 0.337 e. The fourth-order valence-corrected chi connectivity index (χ4v) is 2.76. The molecule has 92 valence electrons. The van der Waals surface area contributed by atoms with Crippen molar-refractivity contribution in [3.8, 4) is 0 Å². The Kier molecular flexibility index (Phi) is 3.64. The smallest absolute Gasteiger partial charge is 0.249 e. The Morgan fingerprint density at radius 1 is 1.53 bits per heavy atom. The Bertz CT molecular complexity index is 456. The lowest BCUT2D eigenvalue weighted by atomic mass is 10.0. The number of carbonyl (C=O) groups is 1. The van der Waals surface area contributed by atoms with Gasteiger partial charge in [-0.05, 0) is 36.4 Å². The summed E-state index contributed by atoms with van der Waals surface area (Å²) in [6, 6.07) is 2.10. The van der Waals surface area contributed by atoms with Crippen LogP contribution >= 0.6 is 11.3 Å². The van der Waals surface area contributed by atoms with Crippen LogP contribution < -0.4 is 5.32 Å². The van der Waals surface area contributed by atoms with Crippen LogP contribution in [0.3, 0.4) is 0 Å². The number of hydrogen-bond acceptors (Lipinski definition) is 3. The van der Waals surface area contributed by atoms with Gasteiger partial charge in [-0.1, -0.05) is 0 Å². The zero-order chi connectivity index (χ0) is 12.4. The molecule has 0 aliphatic carbocycles. The van der Waals surface area contributed by atoms with Crippen LogP contribution in [0.1, 0.15) is 17.4 Å². The molecule has 1 N–H and O–H groups in total. The molecule has 1 aliphatic rings. The lowest BCUT2D eigenvalue weighted by Gasteiger charge is -2.24. The van der Waals surface area contributed by atoms with Crippen LogP contribution in [0.4, 0.5) is 0 Å². The number of amides is 1. The van der Waals surface area contributed by atoms with Gasteiger partial charge >= 0.3 is 0 Å². The molecule has 1 aromatic heterocycles. The molecule has 0 atom stereocenters. The summed E-state index contributed by atoms with van der Waals surface area (Å²) < 4.78 is 0. The number of rotatable bonds is 3. The van der Waals surface area contributed by atoms with Crippen LogP contribution in [0.15, 0.2) is 22.6 Å². The molecule has 4 heteroatoms. The molecule has 1 fully saturated rings. The van der Waals surface area contributed by atoms with E-state index in [0.29, 0.717) is 6.54 Å². The zero-order valence-electron chi connectivity index (χ0n) is 10.5. The van der Waals surface area contributed by atoms with Crippen LogP contribution in [-0.4, -0.2) is 30.9 Å². The standard InChI is InChI=1S/C13H18N2OS/c1-9-4-5-17-12(9)8-15(3)13(16)10(2)11-6-14-7-11/h4-5,14H,6-8H2,1-3H3. The maximum Gasteiger partial charge on any atom is 0.249 e. The van der Waals surface area contributed by atoms with E-state index in [2.05, 4.69) is 23.7 Å². The molecular formula is C13H18N2OS. The van der Waals surface area contributed by atoms with Crippen molar-refractivity contribution in [2.75, 3.05) is 20.1 Å². The minimum Gasteiger partial charge on any atom is -0.337 e. The molecule has 0 radical (unpaired) electrons. The van der Waals surface area contributed by atoms with Gasteiger partial charge in [0.25, 0.3) is 0 Å². The van der Waals surface area contributed by atoms with Crippen molar-refractivity contribution in [3.05, 3.63) is 33.0 Å². The lowest BCUT2D eigenvalue weighted by molar-refractivity contribution is -0.126. The second kappa shape index (κ2) is 5.02. The van der Waals surface area contributed by atoms with Gasteiger partial charge in [-0.2, -0.15) is 0 Å². The SMILES string of the molecule is CC(C(=O)N(C)Cc1sccc1C)=C1CNC1. The summed E-state index contributed by atoms with van der Waals surface area (Å²) in [5, 5.41) is 5.24. The van der Waals surface area contributed by atoms with Crippen LogP contribution in [-0.2, 0) is 11.3 Å². The molecule has 2 rings (SSSR count). The predicted molar refractivity (Wildman–Crippen MR) is 71.1 cm³/mol. The van der Waals surface area contributed by atoms with E-state index >= 15 is 0 Å². The van der Waals surface area contributed by atoms with Gasteiger partial charge in [0.2, 0.25) is 5.91 Å². The normalized spacial score (nSPS) is 14.4. The first-order chi connectivity index (χ1) is 8.09. The highest BCUT2D eigenvalue weighted by Gasteiger charge is 2.19. The molecule has 1 aliphatic heterocycles. The molecule has 1 aromatic rings. The van der Waals surface area contributed by atoms with Crippen molar-refractivity contribution in [2.24, 2.45) is 0 Å². The summed E-state index contributed by atoms with van der Waals surface area (Å²) in [6.45, 7) is 6.45. The van der Waals surface area contributed by atoms with Gasteiger partial charge in [-0.3, -0.25) is 4.79 Å². The molecule has 2 heterocycles. The summed E-state index contributed by atoms with van der Waals surface area (Å²) in [7, 11) is 1.87. The monoisotopic (exact) mass is 250 g/mol. The molecular weight excluding hydrogens is 232 g/mol. The topological polar surface area (TPSA) is 32.3 Å². The minimum absolute atomic E-state index is 0.148. The average molecular weight is 250 g/mol. The summed E-state index contributed by atoms with van der Waals surface area (Å²) in [5.74, 6) is 0.148. The van der Waals surface area contributed by atoms with Crippen LogP contribution in [0.5, 0.6) is 0 Å². The summed E-state index contributed by atoms with van der Waals surface area (Å²) in [6.07, 6.45) is 0. The third-order valence-corrected chi connectivity index (χ3v) is 4.23. The van der Waals surface area contributed by atoms with Crippen molar-refractivity contribution in [1.29, 1.82) is 0 Å². The van der Waals surface area contributed by atoms with Gasteiger partial charge in [0.15, 0.2) is 0 Å². The summed E-state index contributed by atoms with van der Waals surface area (Å²) in [4.78, 5) is 15.2. The van der Waals surface area contributed by atoms with Crippen molar-refractivity contribution < 1.29 is 4.79 Å². The molecule has 1 amide bonds. The van der Waals surface area contributed by atoms with Crippen LogP contribution in [0.2, 0.25) is 0 Å². The third-order valence-electron chi connectivity index (χ3n) is 3.22. The summed E-state index contributed by atoms with van der Waals surface area (Å²) >= 11 is 1.71. The van der Waals surface area contributed by atoms with E-state index in [-0.39, 0.29) is 5.91 Å². The molecule has 0 unspecified atom stereocenters. The van der Waals surface area contributed by atoms with Gasteiger partial charge in [0, 0.05) is 30.6 Å². The van der Waals surface area contributed by atoms with E-state index in [1.165, 1.54) is 16.0 Å². The van der Waals surface area contributed by atoms with Crippen molar-refractivity contribution >= 4 is 17.2 Å². The highest BCUT2D eigenvalue weighted by molar-refractivity contribution is 7.10. The number of likely N-dealkylation sites (N-methyl/N-ethyl adjacent to an activating group) is 1. The second-order valence-electron chi connectivity index (χ2n) is 4.52. The third kappa shape index (κ3) is 2.58. The van der Waals surface area contributed by atoms with Gasteiger partial charge in [0.05, 0.1) is 6.54 Å². The number of nitrogens with one attached hydrogen (secondary N) is 1. The minimum atomic E-state index is 0.148. The van der Waals surface area contributed by atoms with E-state index in [1.54, 1.807) is 16.2 Å². The molecule has 0 spiro atoms. The second-order valence-corrected chi connectivity index (χ2v) is 5.52. The van der Waals surface area contributed by atoms with Crippen LogP contribution in [0.25, 0.3) is 0 Å². The molecule has 3 nitrogen and oxygen atoms in total.